The van der Waals surface area contributed by atoms with E-state index in [1.165, 1.54) is 30.5 Å². The average molecular weight is 507 g/mol. The van der Waals surface area contributed by atoms with Crippen LogP contribution >= 0.6 is 0 Å². The highest BCUT2D eigenvalue weighted by atomic mass is 19.1. The summed E-state index contributed by atoms with van der Waals surface area (Å²) in [4.78, 5) is 37.7. The number of aliphatic hydroxyl groups is 1. The molecular weight excluding hydrogens is 474 g/mol. The summed E-state index contributed by atoms with van der Waals surface area (Å²) in [6, 6.07) is 2.92. The number of esters is 1. The molecule has 1 aromatic heterocycles. The van der Waals surface area contributed by atoms with E-state index in [-0.39, 0.29) is 42.1 Å². The van der Waals surface area contributed by atoms with Gasteiger partial charge in [-0.1, -0.05) is 26.8 Å². The molecule has 7 nitrogen and oxygen atoms in total. The van der Waals surface area contributed by atoms with Gasteiger partial charge in [-0.25, -0.2) is 14.0 Å². The lowest BCUT2D eigenvalue weighted by molar-refractivity contribution is -0.199. The van der Waals surface area contributed by atoms with Gasteiger partial charge in [0.25, 0.3) is 0 Å². The maximum Gasteiger partial charge on any atom is 0.375 e. The van der Waals surface area contributed by atoms with Crippen molar-refractivity contribution in [1.82, 2.24) is 0 Å². The number of aliphatic carboxylic acids is 1. The fourth-order valence-electron chi connectivity index (χ4n) is 7.96. The SMILES string of the molecule is CF.C[C@@H]1CC2C3C[C@H](F)C4=CC(=O)C=CC4(C)C3C(O)CC2(C)C1(OC(=O)c1ccco1)C(=O)O. The molecule has 3 saturated carbocycles. The number of alkyl halides is 2. The van der Waals surface area contributed by atoms with Gasteiger partial charge in [-0.15, -0.1) is 0 Å². The molecular formula is C27H32F2O7. The predicted octanol–water partition coefficient (Wildman–Crippen LogP) is 4.32. The maximum atomic E-state index is 15.5. The number of carboxylic acids is 1. The van der Waals surface area contributed by atoms with Crippen LogP contribution in [0, 0.1) is 34.5 Å². The van der Waals surface area contributed by atoms with Crippen LogP contribution in [-0.4, -0.2) is 53.0 Å². The molecule has 0 saturated heterocycles. The number of carbonyl (C=O) groups excluding carboxylic acids is 2. The molecule has 5 rings (SSSR count). The van der Waals surface area contributed by atoms with Gasteiger partial charge < -0.3 is 19.4 Å². The molecule has 0 aliphatic heterocycles. The molecule has 9 heteroatoms. The fourth-order valence-corrected chi connectivity index (χ4v) is 7.96. The average Bonchev–Trinajstić information content (AvgIpc) is 3.43. The molecule has 2 N–H and O–H groups in total. The quantitative estimate of drug-likeness (QED) is 0.587. The van der Waals surface area contributed by atoms with Crippen molar-refractivity contribution in [3.05, 3.63) is 48.0 Å². The number of ketones is 1. The molecule has 0 spiro atoms. The Bertz CT molecular complexity index is 1110. The summed E-state index contributed by atoms with van der Waals surface area (Å²) >= 11 is 0. The molecule has 0 amide bonds. The highest BCUT2D eigenvalue weighted by molar-refractivity contribution is 6.01. The molecule has 1 heterocycles. The number of carbonyl (C=O) groups is 3. The molecule has 4 aliphatic rings. The Morgan fingerprint density at radius 1 is 1.22 bits per heavy atom. The Labute approximate surface area is 208 Å². The Morgan fingerprint density at radius 2 is 1.92 bits per heavy atom. The second kappa shape index (κ2) is 8.94. The molecule has 4 aliphatic carbocycles. The number of furan rings is 1. The molecule has 0 bridgehead atoms. The van der Waals surface area contributed by atoms with E-state index >= 15 is 4.39 Å². The van der Waals surface area contributed by atoms with E-state index in [0.29, 0.717) is 19.2 Å². The molecule has 3 fully saturated rings. The van der Waals surface area contributed by atoms with Gasteiger partial charge >= 0.3 is 11.9 Å². The van der Waals surface area contributed by atoms with Crippen LogP contribution in [0.1, 0.15) is 50.6 Å². The van der Waals surface area contributed by atoms with Gasteiger partial charge in [0.05, 0.1) is 19.5 Å². The van der Waals surface area contributed by atoms with Crippen LogP contribution in [0.3, 0.4) is 0 Å². The summed E-state index contributed by atoms with van der Waals surface area (Å²) in [7, 11) is 0.500. The topological polar surface area (TPSA) is 114 Å². The monoisotopic (exact) mass is 506 g/mol. The van der Waals surface area contributed by atoms with Crippen molar-refractivity contribution in [3.63, 3.8) is 0 Å². The lowest BCUT2D eigenvalue weighted by Crippen LogP contribution is -2.64. The van der Waals surface area contributed by atoms with Crippen molar-refractivity contribution < 1.29 is 42.5 Å². The molecule has 9 atom stereocenters. The predicted molar refractivity (Wildman–Crippen MR) is 124 cm³/mol. The van der Waals surface area contributed by atoms with Gasteiger partial charge in [-0.3, -0.25) is 9.18 Å². The number of halogens is 2. The van der Waals surface area contributed by atoms with Gasteiger partial charge in [0.1, 0.15) is 6.17 Å². The molecule has 0 radical (unpaired) electrons. The van der Waals surface area contributed by atoms with E-state index in [4.69, 9.17) is 9.15 Å². The number of hydrogen-bond acceptors (Lipinski definition) is 6. The second-order valence-electron chi connectivity index (χ2n) is 10.9. The fraction of sp³-hybridized carbons (Fsp3) is 0.593. The molecule has 7 unspecified atom stereocenters. The first-order valence-corrected chi connectivity index (χ1v) is 12.1. The molecule has 0 aromatic carbocycles. The Morgan fingerprint density at radius 3 is 2.53 bits per heavy atom. The second-order valence-corrected chi connectivity index (χ2v) is 10.9. The zero-order valence-corrected chi connectivity index (χ0v) is 20.7. The van der Waals surface area contributed by atoms with Crippen molar-refractivity contribution in [1.29, 1.82) is 0 Å². The van der Waals surface area contributed by atoms with E-state index < -0.39 is 46.6 Å². The number of hydrogen-bond donors (Lipinski definition) is 2. The minimum atomic E-state index is -1.91. The van der Waals surface area contributed by atoms with E-state index in [1.54, 1.807) is 19.9 Å². The van der Waals surface area contributed by atoms with Crippen molar-refractivity contribution in [2.24, 2.45) is 34.5 Å². The first-order chi connectivity index (χ1) is 17.0. The van der Waals surface area contributed by atoms with Gasteiger partial charge in [-0.2, -0.15) is 0 Å². The van der Waals surface area contributed by atoms with Crippen LogP contribution in [0.25, 0.3) is 0 Å². The minimum Gasteiger partial charge on any atom is -0.478 e. The van der Waals surface area contributed by atoms with Gasteiger partial charge in [0.15, 0.2) is 5.78 Å². The number of aliphatic hydroxyl groups excluding tert-OH is 1. The highest BCUT2D eigenvalue weighted by Gasteiger charge is 2.74. The van der Waals surface area contributed by atoms with E-state index in [0.717, 1.165) is 0 Å². The summed E-state index contributed by atoms with van der Waals surface area (Å²) in [5, 5.41) is 21.9. The Kier molecular flexibility index (Phi) is 6.52. The number of carboxylic acid groups (broad SMARTS) is 1. The van der Waals surface area contributed by atoms with E-state index in [2.05, 4.69) is 0 Å². The van der Waals surface area contributed by atoms with Gasteiger partial charge in [0, 0.05) is 22.7 Å². The summed E-state index contributed by atoms with van der Waals surface area (Å²) in [5.74, 6) is -4.15. The number of ether oxygens (including phenoxy) is 1. The van der Waals surface area contributed by atoms with Crippen molar-refractivity contribution in [2.45, 2.75) is 57.9 Å². The van der Waals surface area contributed by atoms with Crippen molar-refractivity contribution in [3.8, 4) is 0 Å². The maximum absolute atomic E-state index is 15.5. The number of allylic oxidation sites excluding steroid dienone is 4. The Balaban J connectivity index is 0.00000148. The third kappa shape index (κ3) is 3.42. The van der Waals surface area contributed by atoms with Gasteiger partial charge in [-0.05, 0) is 61.0 Å². The zero-order valence-electron chi connectivity index (χ0n) is 20.7. The highest BCUT2D eigenvalue weighted by Crippen LogP contribution is 2.69. The van der Waals surface area contributed by atoms with Crippen LogP contribution < -0.4 is 0 Å². The first kappa shape index (κ1) is 26.3. The minimum absolute atomic E-state index is 0.0719. The number of rotatable bonds is 3. The lowest BCUT2D eigenvalue weighted by Gasteiger charge is -2.60. The summed E-state index contributed by atoms with van der Waals surface area (Å²) in [6.07, 6.45) is 3.97. The smallest absolute Gasteiger partial charge is 0.375 e. The normalized spacial score (nSPS) is 42.8. The largest absolute Gasteiger partial charge is 0.478 e. The van der Waals surface area contributed by atoms with Crippen LogP contribution in [0.15, 0.2) is 46.6 Å². The zero-order chi connectivity index (χ0) is 26.6. The molecule has 196 valence electrons. The van der Waals surface area contributed by atoms with E-state index in [1.807, 2.05) is 6.92 Å². The third-order valence-electron chi connectivity index (χ3n) is 9.31. The van der Waals surface area contributed by atoms with Gasteiger partial charge in [0.2, 0.25) is 11.4 Å². The van der Waals surface area contributed by atoms with E-state index in [9.17, 15) is 29.0 Å². The molecule has 1 aromatic rings. The first-order valence-electron chi connectivity index (χ1n) is 12.1. The Hall–Kier alpha value is -2.81. The van der Waals surface area contributed by atoms with Crippen LogP contribution in [0.4, 0.5) is 8.78 Å². The summed E-state index contributed by atoms with van der Waals surface area (Å²) in [6.45, 7) is 5.32. The van der Waals surface area contributed by atoms with Crippen LogP contribution in [-0.2, 0) is 14.3 Å². The summed E-state index contributed by atoms with van der Waals surface area (Å²) in [5.41, 5.74) is -3.51. The van der Waals surface area contributed by atoms with Crippen molar-refractivity contribution >= 4 is 17.7 Å². The lowest BCUT2D eigenvalue weighted by atomic mass is 9.46. The third-order valence-corrected chi connectivity index (χ3v) is 9.31. The van der Waals surface area contributed by atoms with Crippen LogP contribution in [0.2, 0.25) is 0 Å². The summed E-state index contributed by atoms with van der Waals surface area (Å²) < 4.78 is 35.9. The molecule has 36 heavy (non-hydrogen) atoms. The standard InChI is InChI=1S/C26H29FO7.CH3F/c1-13-9-16-15-11-18(27)17-10-14(28)6-7-24(17,2)21(15)19(29)12-25(16,3)26(13,23(31)32)34-22(30)20-5-4-8-33-20;1-2/h4-8,10,13,15-16,18-19,21,29H,9,11-12H2,1-3H3,(H,31,32);1H3/t13-,15?,16?,18+,19?,21?,24?,25?,26?;/m1./s1. The number of fused-ring (bicyclic) bond motifs is 5. The van der Waals surface area contributed by atoms with Crippen LogP contribution in [0.5, 0.6) is 0 Å². The van der Waals surface area contributed by atoms with Crippen molar-refractivity contribution in [2.75, 3.05) is 7.18 Å².